The lowest BCUT2D eigenvalue weighted by molar-refractivity contribution is -0.121. The number of halogens is 1. The van der Waals surface area contributed by atoms with E-state index in [-0.39, 0.29) is 11.9 Å². The van der Waals surface area contributed by atoms with Gasteiger partial charge in [-0.05, 0) is 47.0 Å². The van der Waals surface area contributed by atoms with Crippen LogP contribution in [-0.2, 0) is 4.79 Å². The van der Waals surface area contributed by atoms with Gasteiger partial charge >= 0.3 is 0 Å². The van der Waals surface area contributed by atoms with Crippen LogP contribution in [0.25, 0.3) is 0 Å². The van der Waals surface area contributed by atoms with E-state index in [1.807, 2.05) is 25.1 Å². The Kier molecular flexibility index (Phi) is 7.62. The number of amides is 1. The third-order valence-corrected chi connectivity index (χ3v) is 3.67. The first-order valence-electron chi connectivity index (χ1n) is 6.92. The second kappa shape index (κ2) is 8.97. The van der Waals surface area contributed by atoms with Crippen molar-refractivity contribution in [1.29, 1.82) is 0 Å². The van der Waals surface area contributed by atoms with E-state index >= 15 is 0 Å². The van der Waals surface area contributed by atoms with E-state index in [2.05, 4.69) is 33.5 Å². The molecule has 0 radical (unpaired) electrons. The fourth-order valence-corrected chi connectivity index (χ4v) is 2.38. The van der Waals surface area contributed by atoms with Gasteiger partial charge < -0.3 is 15.4 Å². The van der Waals surface area contributed by atoms with Crippen molar-refractivity contribution in [3.8, 4) is 5.75 Å². The van der Waals surface area contributed by atoms with Crippen molar-refractivity contribution < 1.29 is 9.53 Å². The van der Waals surface area contributed by atoms with Crippen LogP contribution in [0.5, 0.6) is 5.75 Å². The molecule has 1 amide bonds. The van der Waals surface area contributed by atoms with Crippen molar-refractivity contribution in [1.82, 2.24) is 10.6 Å². The van der Waals surface area contributed by atoms with Crippen LogP contribution in [0.1, 0.15) is 38.3 Å². The maximum absolute atomic E-state index is 11.5. The predicted octanol–water partition coefficient (Wildman–Crippen LogP) is 3.02. The Morgan fingerprint density at radius 2 is 2.15 bits per heavy atom. The monoisotopic (exact) mass is 342 g/mol. The minimum absolute atomic E-state index is 0.0995. The zero-order chi connectivity index (χ0) is 15.0. The number of hydrogen-bond acceptors (Lipinski definition) is 3. The number of benzene rings is 1. The Morgan fingerprint density at radius 3 is 2.75 bits per heavy atom. The lowest BCUT2D eigenvalue weighted by atomic mass is 10.1. The largest absolute Gasteiger partial charge is 0.496 e. The van der Waals surface area contributed by atoms with E-state index in [1.54, 1.807) is 7.11 Å². The quantitative estimate of drug-likeness (QED) is 0.763. The lowest BCUT2D eigenvalue weighted by Gasteiger charge is -2.15. The molecule has 1 aromatic carbocycles. The van der Waals surface area contributed by atoms with Gasteiger partial charge in [-0.1, -0.05) is 13.0 Å². The van der Waals surface area contributed by atoms with E-state index in [0.29, 0.717) is 13.0 Å². The zero-order valence-electron chi connectivity index (χ0n) is 12.3. The van der Waals surface area contributed by atoms with Crippen molar-refractivity contribution >= 4 is 21.8 Å². The molecule has 2 N–H and O–H groups in total. The molecule has 1 atom stereocenters. The summed E-state index contributed by atoms with van der Waals surface area (Å²) in [5, 5.41) is 6.22. The summed E-state index contributed by atoms with van der Waals surface area (Å²) in [6, 6.07) is 6.19. The summed E-state index contributed by atoms with van der Waals surface area (Å²) in [6.45, 7) is 5.54. The number of methoxy groups -OCH3 is 1. The molecule has 0 aliphatic heterocycles. The van der Waals surface area contributed by atoms with Crippen LogP contribution < -0.4 is 15.4 Å². The third-order valence-electron chi connectivity index (χ3n) is 3.05. The van der Waals surface area contributed by atoms with Gasteiger partial charge in [-0.15, -0.1) is 0 Å². The topological polar surface area (TPSA) is 50.4 Å². The summed E-state index contributed by atoms with van der Waals surface area (Å²) in [7, 11) is 1.65. The average molecular weight is 343 g/mol. The maximum Gasteiger partial charge on any atom is 0.221 e. The van der Waals surface area contributed by atoms with Crippen LogP contribution in [0.15, 0.2) is 22.7 Å². The van der Waals surface area contributed by atoms with Crippen LogP contribution in [0.3, 0.4) is 0 Å². The van der Waals surface area contributed by atoms with Gasteiger partial charge in [0, 0.05) is 25.6 Å². The van der Waals surface area contributed by atoms with Crippen molar-refractivity contribution in [2.45, 2.75) is 32.7 Å². The van der Waals surface area contributed by atoms with Gasteiger partial charge in [-0.25, -0.2) is 0 Å². The fourth-order valence-electron chi connectivity index (χ4n) is 1.82. The highest BCUT2D eigenvalue weighted by atomic mass is 79.9. The second-order valence-electron chi connectivity index (χ2n) is 4.67. The van der Waals surface area contributed by atoms with Crippen molar-refractivity contribution in [3.05, 3.63) is 28.2 Å². The smallest absolute Gasteiger partial charge is 0.221 e. The molecule has 0 saturated carbocycles. The van der Waals surface area contributed by atoms with Gasteiger partial charge in [0.15, 0.2) is 0 Å². The number of ether oxygens (including phenoxy) is 1. The Labute approximate surface area is 129 Å². The van der Waals surface area contributed by atoms with E-state index in [1.165, 1.54) is 0 Å². The van der Waals surface area contributed by atoms with E-state index in [4.69, 9.17) is 4.74 Å². The summed E-state index contributed by atoms with van der Waals surface area (Å²) < 4.78 is 6.15. The maximum atomic E-state index is 11.5. The van der Waals surface area contributed by atoms with Crippen LogP contribution in [-0.4, -0.2) is 26.1 Å². The highest BCUT2D eigenvalue weighted by Crippen LogP contribution is 2.27. The van der Waals surface area contributed by atoms with Crippen LogP contribution in [0, 0.1) is 0 Å². The van der Waals surface area contributed by atoms with Crippen molar-refractivity contribution in [3.63, 3.8) is 0 Å². The average Bonchev–Trinajstić information content (AvgIpc) is 2.44. The standard InChI is InChI=1S/C15H23BrN2O2/c1-4-8-18-15(19)7-9-17-11(2)12-5-6-14(20-3)13(16)10-12/h5-6,10-11,17H,4,7-9H2,1-3H3,(H,18,19). The first-order chi connectivity index (χ1) is 9.58. The summed E-state index contributed by atoms with van der Waals surface area (Å²) in [5.74, 6) is 0.919. The predicted molar refractivity (Wildman–Crippen MR) is 85.0 cm³/mol. The molecule has 1 rings (SSSR count). The Balaban J connectivity index is 2.41. The number of nitrogens with one attached hydrogen (secondary N) is 2. The molecule has 112 valence electrons. The van der Waals surface area contributed by atoms with Gasteiger partial charge in [-0.3, -0.25) is 4.79 Å². The van der Waals surface area contributed by atoms with Crippen molar-refractivity contribution in [2.24, 2.45) is 0 Å². The zero-order valence-corrected chi connectivity index (χ0v) is 13.9. The molecule has 0 fully saturated rings. The van der Waals surface area contributed by atoms with Gasteiger partial charge in [0.1, 0.15) is 5.75 Å². The molecule has 0 heterocycles. The molecule has 0 aliphatic carbocycles. The Bertz CT molecular complexity index is 438. The van der Waals surface area contributed by atoms with Gasteiger partial charge in [0.25, 0.3) is 0 Å². The van der Waals surface area contributed by atoms with Gasteiger partial charge in [0.05, 0.1) is 11.6 Å². The number of carbonyl (C=O) groups excluding carboxylic acids is 1. The Morgan fingerprint density at radius 1 is 1.40 bits per heavy atom. The fraction of sp³-hybridized carbons (Fsp3) is 0.533. The second-order valence-corrected chi connectivity index (χ2v) is 5.52. The molecule has 5 heteroatoms. The Hall–Kier alpha value is -1.07. The summed E-state index contributed by atoms with van der Waals surface area (Å²) >= 11 is 3.48. The van der Waals surface area contributed by atoms with Crippen LogP contribution >= 0.6 is 15.9 Å². The number of hydrogen-bond donors (Lipinski definition) is 2. The molecule has 1 aromatic rings. The molecule has 0 aliphatic rings. The highest BCUT2D eigenvalue weighted by molar-refractivity contribution is 9.10. The summed E-state index contributed by atoms with van der Waals surface area (Å²) in [6.07, 6.45) is 1.47. The molecular weight excluding hydrogens is 320 g/mol. The third kappa shape index (κ3) is 5.51. The molecule has 20 heavy (non-hydrogen) atoms. The molecule has 0 saturated heterocycles. The molecule has 0 bridgehead atoms. The van der Waals surface area contributed by atoms with Crippen molar-refractivity contribution in [2.75, 3.05) is 20.2 Å². The van der Waals surface area contributed by atoms with E-state index in [0.717, 1.165) is 28.8 Å². The lowest BCUT2D eigenvalue weighted by Crippen LogP contribution is -2.29. The van der Waals surface area contributed by atoms with E-state index in [9.17, 15) is 4.79 Å². The first-order valence-corrected chi connectivity index (χ1v) is 7.71. The van der Waals surface area contributed by atoms with E-state index < -0.39 is 0 Å². The normalized spacial score (nSPS) is 12.0. The first kappa shape index (κ1) is 17.0. The molecule has 4 nitrogen and oxygen atoms in total. The molecular formula is C15H23BrN2O2. The molecule has 0 spiro atoms. The molecule has 1 unspecified atom stereocenters. The minimum atomic E-state index is 0.0995. The number of carbonyl (C=O) groups is 1. The van der Waals surface area contributed by atoms with Crippen LogP contribution in [0.2, 0.25) is 0 Å². The summed E-state index contributed by atoms with van der Waals surface area (Å²) in [4.78, 5) is 11.5. The number of rotatable bonds is 8. The highest BCUT2D eigenvalue weighted by Gasteiger charge is 2.08. The minimum Gasteiger partial charge on any atom is -0.496 e. The summed E-state index contributed by atoms with van der Waals surface area (Å²) in [5.41, 5.74) is 1.16. The molecule has 0 aromatic heterocycles. The SMILES string of the molecule is CCCNC(=O)CCNC(C)c1ccc(OC)c(Br)c1. The van der Waals surface area contributed by atoms with Gasteiger partial charge in [-0.2, -0.15) is 0 Å². The van der Waals surface area contributed by atoms with Crippen LogP contribution in [0.4, 0.5) is 0 Å². The van der Waals surface area contributed by atoms with Gasteiger partial charge in [0.2, 0.25) is 5.91 Å².